The van der Waals surface area contributed by atoms with Crippen molar-refractivity contribution in [1.82, 2.24) is 0 Å². The minimum Gasteiger partial charge on any atom is -0.497 e. The first kappa shape index (κ1) is 24.0. The third kappa shape index (κ3) is 4.49. The summed E-state index contributed by atoms with van der Waals surface area (Å²) in [5.41, 5.74) is 1.84. The molecule has 3 aromatic carbocycles. The van der Waals surface area contributed by atoms with Crippen molar-refractivity contribution in [2.75, 3.05) is 20.8 Å². The van der Waals surface area contributed by atoms with Crippen LogP contribution in [0.2, 0.25) is 0 Å². The number of esters is 1. The molecular weight excluding hydrogens is 476 g/mol. The van der Waals surface area contributed by atoms with Gasteiger partial charge in [-0.1, -0.05) is 0 Å². The third-order valence-corrected chi connectivity index (χ3v) is 5.93. The van der Waals surface area contributed by atoms with Crippen LogP contribution in [0.25, 0.3) is 17.0 Å². The van der Waals surface area contributed by atoms with E-state index in [4.69, 9.17) is 28.1 Å². The van der Waals surface area contributed by atoms with Gasteiger partial charge < -0.3 is 28.1 Å². The molecule has 1 aromatic heterocycles. The standard InChI is InChI=1S/C29H24O8/c1-5-34-19-8-11-24-22(14-19)27(16(2)35-24)29(31)36-20-6-9-21-25(15-20)37-26(28(21)30)13-17-12-18(32-3)7-10-23(17)33-4/h6-15H,5H2,1-4H3/b26-13-. The Morgan fingerprint density at radius 3 is 2.49 bits per heavy atom. The van der Waals surface area contributed by atoms with Gasteiger partial charge in [-0.25, -0.2) is 4.79 Å². The Hall–Kier alpha value is -4.72. The smallest absolute Gasteiger partial charge is 0.347 e. The molecule has 188 valence electrons. The molecule has 0 aliphatic carbocycles. The van der Waals surface area contributed by atoms with E-state index in [9.17, 15) is 9.59 Å². The molecular formula is C29H24O8. The van der Waals surface area contributed by atoms with E-state index in [1.165, 1.54) is 6.07 Å². The summed E-state index contributed by atoms with van der Waals surface area (Å²) < 4.78 is 33.4. The third-order valence-electron chi connectivity index (χ3n) is 5.93. The highest BCUT2D eigenvalue weighted by molar-refractivity contribution is 6.14. The van der Waals surface area contributed by atoms with Gasteiger partial charge in [0.2, 0.25) is 5.78 Å². The van der Waals surface area contributed by atoms with Crippen LogP contribution in [0, 0.1) is 6.92 Å². The zero-order chi connectivity index (χ0) is 26.1. The number of hydrogen-bond acceptors (Lipinski definition) is 8. The Kier molecular flexibility index (Phi) is 6.31. The molecule has 2 heterocycles. The molecule has 0 radical (unpaired) electrons. The van der Waals surface area contributed by atoms with Crippen molar-refractivity contribution in [1.29, 1.82) is 0 Å². The van der Waals surface area contributed by atoms with Gasteiger partial charge in [0, 0.05) is 17.0 Å². The molecule has 0 fully saturated rings. The number of rotatable bonds is 7. The molecule has 5 rings (SSSR count). The second kappa shape index (κ2) is 9.73. The maximum absolute atomic E-state index is 13.1. The summed E-state index contributed by atoms with van der Waals surface area (Å²) in [6.45, 7) is 4.08. The fraction of sp³-hybridized carbons (Fsp3) is 0.172. The normalized spacial score (nSPS) is 13.4. The SMILES string of the molecule is CCOc1ccc2oc(C)c(C(=O)Oc3ccc4c(c3)O/C(=C\c3cc(OC)ccc3OC)C4=O)c2c1. The number of carbonyl (C=O) groups excluding carboxylic acids is 2. The Labute approximate surface area is 213 Å². The second-order valence-corrected chi connectivity index (χ2v) is 8.22. The average molecular weight is 501 g/mol. The number of methoxy groups -OCH3 is 2. The van der Waals surface area contributed by atoms with Crippen molar-refractivity contribution in [2.24, 2.45) is 0 Å². The Balaban J connectivity index is 1.41. The van der Waals surface area contributed by atoms with Gasteiger partial charge in [-0.3, -0.25) is 4.79 Å². The van der Waals surface area contributed by atoms with E-state index < -0.39 is 5.97 Å². The fourth-order valence-electron chi connectivity index (χ4n) is 4.19. The number of furan rings is 1. The van der Waals surface area contributed by atoms with Crippen molar-refractivity contribution in [2.45, 2.75) is 13.8 Å². The summed E-state index contributed by atoms with van der Waals surface area (Å²) in [6.07, 6.45) is 1.59. The molecule has 1 aliphatic rings. The van der Waals surface area contributed by atoms with Crippen LogP contribution in [-0.4, -0.2) is 32.6 Å². The van der Waals surface area contributed by atoms with Crippen LogP contribution in [0.5, 0.6) is 28.7 Å². The summed E-state index contributed by atoms with van der Waals surface area (Å²) in [4.78, 5) is 26.1. The van der Waals surface area contributed by atoms with Crippen LogP contribution in [-0.2, 0) is 0 Å². The lowest BCUT2D eigenvalue weighted by Gasteiger charge is -2.08. The summed E-state index contributed by atoms with van der Waals surface area (Å²) in [6, 6.07) is 15.2. The van der Waals surface area contributed by atoms with Crippen LogP contribution in [0.4, 0.5) is 0 Å². The maximum Gasteiger partial charge on any atom is 0.347 e. The van der Waals surface area contributed by atoms with Gasteiger partial charge in [-0.05, 0) is 68.5 Å². The highest BCUT2D eigenvalue weighted by atomic mass is 16.5. The number of carbonyl (C=O) groups is 2. The number of ether oxygens (including phenoxy) is 5. The summed E-state index contributed by atoms with van der Waals surface area (Å²) >= 11 is 0. The summed E-state index contributed by atoms with van der Waals surface area (Å²) in [5, 5.41) is 0.596. The van der Waals surface area contributed by atoms with E-state index >= 15 is 0 Å². The van der Waals surface area contributed by atoms with Gasteiger partial charge in [-0.2, -0.15) is 0 Å². The zero-order valence-corrected chi connectivity index (χ0v) is 20.7. The molecule has 4 aromatic rings. The van der Waals surface area contributed by atoms with Crippen LogP contribution < -0.4 is 23.7 Å². The molecule has 8 heteroatoms. The van der Waals surface area contributed by atoms with Crippen molar-refractivity contribution in [3.63, 3.8) is 0 Å². The van der Waals surface area contributed by atoms with Crippen LogP contribution in [0.3, 0.4) is 0 Å². The van der Waals surface area contributed by atoms with Gasteiger partial charge in [0.05, 0.1) is 26.4 Å². The van der Waals surface area contributed by atoms with Gasteiger partial charge in [-0.15, -0.1) is 0 Å². The Bertz CT molecular complexity index is 1560. The first-order valence-corrected chi connectivity index (χ1v) is 11.6. The van der Waals surface area contributed by atoms with Gasteiger partial charge in [0.1, 0.15) is 45.7 Å². The Morgan fingerprint density at radius 1 is 0.946 bits per heavy atom. The zero-order valence-electron chi connectivity index (χ0n) is 20.7. The lowest BCUT2D eigenvalue weighted by atomic mass is 10.1. The van der Waals surface area contributed by atoms with Crippen molar-refractivity contribution in [3.05, 3.63) is 82.8 Å². The van der Waals surface area contributed by atoms with Gasteiger partial charge in [0.25, 0.3) is 0 Å². The Morgan fingerprint density at radius 2 is 1.73 bits per heavy atom. The minimum atomic E-state index is -0.592. The molecule has 0 atom stereocenters. The lowest BCUT2D eigenvalue weighted by molar-refractivity contribution is 0.0734. The quantitative estimate of drug-likeness (QED) is 0.173. The number of allylic oxidation sites excluding steroid dienone is 1. The van der Waals surface area contributed by atoms with Gasteiger partial charge >= 0.3 is 5.97 Å². The van der Waals surface area contributed by atoms with E-state index in [1.807, 2.05) is 6.92 Å². The summed E-state index contributed by atoms with van der Waals surface area (Å²) in [5.74, 6) is 1.97. The largest absolute Gasteiger partial charge is 0.497 e. The fourth-order valence-corrected chi connectivity index (χ4v) is 4.19. The van der Waals surface area contributed by atoms with Crippen LogP contribution in [0.15, 0.2) is 64.8 Å². The van der Waals surface area contributed by atoms with Crippen molar-refractivity contribution >= 4 is 28.8 Å². The monoisotopic (exact) mass is 500 g/mol. The molecule has 0 saturated carbocycles. The highest BCUT2D eigenvalue weighted by Crippen LogP contribution is 2.37. The maximum atomic E-state index is 13.1. The molecule has 0 saturated heterocycles. The predicted octanol–water partition coefficient (Wildman–Crippen LogP) is 5.99. The van der Waals surface area contributed by atoms with E-state index in [1.54, 1.807) is 75.8 Å². The van der Waals surface area contributed by atoms with Crippen LogP contribution >= 0.6 is 0 Å². The molecule has 0 spiro atoms. The first-order valence-electron chi connectivity index (χ1n) is 11.6. The van der Waals surface area contributed by atoms with E-state index in [0.717, 1.165) is 0 Å². The second-order valence-electron chi connectivity index (χ2n) is 8.22. The molecule has 0 unspecified atom stereocenters. The van der Waals surface area contributed by atoms with E-state index in [-0.39, 0.29) is 23.0 Å². The average Bonchev–Trinajstić information content (AvgIpc) is 3.38. The molecule has 8 nitrogen and oxygen atoms in total. The lowest BCUT2D eigenvalue weighted by Crippen LogP contribution is -2.09. The number of aryl methyl sites for hydroxylation is 1. The summed E-state index contributed by atoms with van der Waals surface area (Å²) in [7, 11) is 3.10. The van der Waals surface area contributed by atoms with Crippen molar-refractivity contribution < 1.29 is 37.7 Å². The molecule has 0 amide bonds. The van der Waals surface area contributed by atoms with Crippen LogP contribution in [0.1, 0.15) is 39.0 Å². The van der Waals surface area contributed by atoms with E-state index in [2.05, 4.69) is 0 Å². The number of fused-ring (bicyclic) bond motifs is 2. The topological polar surface area (TPSA) is 93.4 Å². The number of hydrogen-bond donors (Lipinski definition) is 0. The number of Topliss-reactive ketones (excluding diaryl/α,β-unsaturated/α-hetero) is 1. The number of ketones is 1. The molecule has 1 aliphatic heterocycles. The van der Waals surface area contributed by atoms with Gasteiger partial charge in [0.15, 0.2) is 5.76 Å². The highest BCUT2D eigenvalue weighted by Gasteiger charge is 2.29. The minimum absolute atomic E-state index is 0.116. The number of benzene rings is 3. The molecule has 37 heavy (non-hydrogen) atoms. The molecule has 0 bridgehead atoms. The van der Waals surface area contributed by atoms with Crippen molar-refractivity contribution in [3.8, 4) is 28.7 Å². The first-order chi connectivity index (χ1) is 17.9. The molecule has 0 N–H and O–H groups in total. The van der Waals surface area contributed by atoms with E-state index in [0.29, 0.717) is 57.3 Å². The predicted molar refractivity (Wildman–Crippen MR) is 136 cm³/mol.